The minimum absolute atomic E-state index is 0.521. The Morgan fingerprint density at radius 2 is 1.79 bits per heavy atom. The quantitative estimate of drug-likeness (QED) is 0.778. The van der Waals surface area contributed by atoms with Gasteiger partial charge in [0.2, 0.25) is 0 Å². The molecule has 19 heavy (non-hydrogen) atoms. The van der Waals surface area contributed by atoms with Crippen molar-refractivity contribution < 1.29 is 4.74 Å². The standard InChI is InChI=1S/C16H14BrNO/c1-10-6-11(2)12(3)16(7-10)19-15-5-4-14(17)8-13(15)9-18/h4-8H,1-3H3. The first-order valence-corrected chi connectivity index (χ1v) is 6.76. The van der Waals surface area contributed by atoms with Gasteiger partial charge >= 0.3 is 0 Å². The summed E-state index contributed by atoms with van der Waals surface area (Å²) in [7, 11) is 0. The summed E-state index contributed by atoms with van der Waals surface area (Å²) in [5, 5.41) is 9.15. The van der Waals surface area contributed by atoms with Crippen molar-refractivity contribution in [2.75, 3.05) is 0 Å². The molecule has 0 amide bonds. The third-order valence-electron chi connectivity index (χ3n) is 3.05. The summed E-state index contributed by atoms with van der Waals surface area (Å²) in [4.78, 5) is 0. The highest BCUT2D eigenvalue weighted by molar-refractivity contribution is 9.10. The predicted octanol–water partition coefficient (Wildman–Crippen LogP) is 5.04. The lowest BCUT2D eigenvalue weighted by Gasteiger charge is -2.13. The lowest BCUT2D eigenvalue weighted by molar-refractivity contribution is 0.476. The van der Waals surface area contributed by atoms with Crippen LogP contribution in [0.15, 0.2) is 34.8 Å². The zero-order valence-corrected chi connectivity index (χ0v) is 12.7. The first-order valence-electron chi connectivity index (χ1n) is 5.96. The number of nitriles is 1. The van der Waals surface area contributed by atoms with Crippen LogP contribution in [-0.2, 0) is 0 Å². The molecule has 0 aliphatic carbocycles. The van der Waals surface area contributed by atoms with E-state index >= 15 is 0 Å². The normalized spacial score (nSPS) is 10.1. The van der Waals surface area contributed by atoms with Crippen LogP contribution < -0.4 is 4.74 Å². The molecule has 2 aromatic rings. The molecule has 0 N–H and O–H groups in total. The van der Waals surface area contributed by atoms with Crippen LogP contribution in [0.3, 0.4) is 0 Å². The van der Waals surface area contributed by atoms with Crippen LogP contribution in [0.25, 0.3) is 0 Å². The van der Waals surface area contributed by atoms with E-state index in [0.29, 0.717) is 11.3 Å². The van der Waals surface area contributed by atoms with Crippen LogP contribution >= 0.6 is 15.9 Å². The number of benzene rings is 2. The van der Waals surface area contributed by atoms with Crippen molar-refractivity contribution in [3.05, 3.63) is 57.1 Å². The minimum atomic E-state index is 0.521. The number of aryl methyl sites for hydroxylation is 2. The van der Waals surface area contributed by atoms with Gasteiger partial charge in [0.25, 0.3) is 0 Å². The van der Waals surface area contributed by atoms with E-state index in [2.05, 4.69) is 35.0 Å². The molecule has 0 saturated heterocycles. The number of rotatable bonds is 2. The second kappa shape index (κ2) is 5.46. The first-order chi connectivity index (χ1) is 9.01. The van der Waals surface area contributed by atoms with Crippen molar-refractivity contribution >= 4 is 15.9 Å². The van der Waals surface area contributed by atoms with Crippen molar-refractivity contribution in [3.63, 3.8) is 0 Å². The molecule has 0 radical (unpaired) electrons. The molecule has 0 unspecified atom stereocenters. The van der Waals surface area contributed by atoms with Crippen LogP contribution in [0, 0.1) is 32.1 Å². The third-order valence-corrected chi connectivity index (χ3v) is 3.54. The van der Waals surface area contributed by atoms with E-state index in [-0.39, 0.29) is 0 Å². The van der Waals surface area contributed by atoms with Gasteiger partial charge in [0.15, 0.2) is 0 Å². The molecular weight excluding hydrogens is 302 g/mol. The van der Waals surface area contributed by atoms with Crippen molar-refractivity contribution in [3.8, 4) is 17.6 Å². The summed E-state index contributed by atoms with van der Waals surface area (Å²) in [5.74, 6) is 1.38. The minimum Gasteiger partial charge on any atom is -0.456 e. The van der Waals surface area contributed by atoms with Gasteiger partial charge in [0, 0.05) is 4.47 Å². The van der Waals surface area contributed by atoms with E-state index in [4.69, 9.17) is 10.00 Å². The summed E-state index contributed by atoms with van der Waals surface area (Å²) in [6, 6.07) is 11.7. The molecule has 0 aliphatic heterocycles. The molecule has 0 aromatic heterocycles. The maximum Gasteiger partial charge on any atom is 0.145 e. The molecule has 0 heterocycles. The number of hydrogen-bond acceptors (Lipinski definition) is 2. The van der Waals surface area contributed by atoms with E-state index < -0.39 is 0 Å². The van der Waals surface area contributed by atoms with Gasteiger partial charge in [-0.3, -0.25) is 0 Å². The van der Waals surface area contributed by atoms with Gasteiger partial charge in [0.05, 0.1) is 5.56 Å². The molecule has 2 rings (SSSR count). The number of ether oxygens (including phenoxy) is 1. The van der Waals surface area contributed by atoms with Gasteiger partial charge in [-0.15, -0.1) is 0 Å². The summed E-state index contributed by atoms with van der Waals surface area (Å²) < 4.78 is 6.77. The van der Waals surface area contributed by atoms with E-state index in [9.17, 15) is 0 Å². The highest BCUT2D eigenvalue weighted by Gasteiger charge is 2.09. The van der Waals surface area contributed by atoms with Gasteiger partial charge in [-0.2, -0.15) is 5.26 Å². The van der Waals surface area contributed by atoms with Crippen molar-refractivity contribution in [2.24, 2.45) is 0 Å². The number of halogens is 1. The van der Waals surface area contributed by atoms with Crippen molar-refractivity contribution in [2.45, 2.75) is 20.8 Å². The first kappa shape index (κ1) is 13.6. The average molecular weight is 316 g/mol. The summed E-state index contributed by atoms with van der Waals surface area (Å²) in [6.07, 6.45) is 0. The summed E-state index contributed by atoms with van der Waals surface area (Å²) in [5.41, 5.74) is 3.95. The molecule has 3 heteroatoms. The summed E-state index contributed by atoms with van der Waals surface area (Å²) in [6.45, 7) is 6.11. The Morgan fingerprint density at radius 1 is 1.05 bits per heavy atom. The lowest BCUT2D eigenvalue weighted by Crippen LogP contribution is -1.93. The van der Waals surface area contributed by atoms with Crippen LogP contribution in [0.4, 0.5) is 0 Å². The van der Waals surface area contributed by atoms with Crippen LogP contribution in [-0.4, -0.2) is 0 Å². The Balaban J connectivity index is 2.45. The Hall–Kier alpha value is -1.79. The zero-order chi connectivity index (χ0) is 14.0. The fraction of sp³-hybridized carbons (Fsp3) is 0.188. The van der Waals surface area contributed by atoms with Crippen molar-refractivity contribution in [1.29, 1.82) is 5.26 Å². The van der Waals surface area contributed by atoms with E-state index in [1.165, 1.54) is 5.56 Å². The second-order valence-corrected chi connectivity index (χ2v) is 5.47. The molecule has 0 bridgehead atoms. The molecule has 0 spiro atoms. The monoisotopic (exact) mass is 315 g/mol. The molecule has 0 aliphatic rings. The third kappa shape index (κ3) is 2.97. The van der Waals surface area contributed by atoms with E-state index in [1.807, 2.05) is 26.0 Å². The van der Waals surface area contributed by atoms with Crippen molar-refractivity contribution in [1.82, 2.24) is 0 Å². The SMILES string of the molecule is Cc1cc(C)c(C)c(Oc2ccc(Br)cc2C#N)c1. The predicted molar refractivity (Wildman–Crippen MR) is 79.6 cm³/mol. The van der Waals surface area contributed by atoms with Crippen LogP contribution in [0.5, 0.6) is 11.5 Å². The topological polar surface area (TPSA) is 33.0 Å². The van der Waals surface area contributed by atoms with Gasteiger partial charge in [0.1, 0.15) is 17.6 Å². The number of hydrogen-bond donors (Lipinski definition) is 0. The Kier molecular flexibility index (Phi) is 3.92. The molecular formula is C16H14BrNO. The molecule has 96 valence electrons. The molecule has 2 nitrogen and oxygen atoms in total. The Labute approximate surface area is 121 Å². The van der Waals surface area contributed by atoms with Gasteiger partial charge < -0.3 is 4.74 Å². The van der Waals surface area contributed by atoms with Gasteiger partial charge in [-0.25, -0.2) is 0 Å². The van der Waals surface area contributed by atoms with E-state index in [0.717, 1.165) is 21.3 Å². The molecule has 0 fully saturated rings. The fourth-order valence-electron chi connectivity index (χ4n) is 1.90. The maximum atomic E-state index is 9.15. The van der Waals surface area contributed by atoms with Gasteiger partial charge in [-0.1, -0.05) is 22.0 Å². The van der Waals surface area contributed by atoms with Crippen LogP contribution in [0.1, 0.15) is 22.3 Å². The fourth-order valence-corrected chi connectivity index (χ4v) is 2.26. The molecule has 0 atom stereocenters. The molecule has 2 aromatic carbocycles. The largest absolute Gasteiger partial charge is 0.456 e. The van der Waals surface area contributed by atoms with Gasteiger partial charge in [-0.05, 0) is 61.7 Å². The second-order valence-electron chi connectivity index (χ2n) is 4.56. The van der Waals surface area contributed by atoms with E-state index in [1.54, 1.807) is 12.1 Å². The lowest BCUT2D eigenvalue weighted by atomic mass is 10.1. The smallest absolute Gasteiger partial charge is 0.145 e. The zero-order valence-electron chi connectivity index (χ0n) is 11.1. The Morgan fingerprint density at radius 3 is 2.47 bits per heavy atom. The maximum absolute atomic E-state index is 9.15. The average Bonchev–Trinajstić information content (AvgIpc) is 2.37. The Bertz CT molecular complexity index is 671. The highest BCUT2D eigenvalue weighted by Crippen LogP contribution is 2.31. The number of nitrogens with zero attached hydrogens (tertiary/aromatic N) is 1. The van der Waals surface area contributed by atoms with Crippen LogP contribution in [0.2, 0.25) is 0 Å². The highest BCUT2D eigenvalue weighted by atomic mass is 79.9. The summed E-state index contributed by atoms with van der Waals surface area (Å²) >= 11 is 3.35. The molecule has 0 saturated carbocycles.